The van der Waals surface area contributed by atoms with Gasteiger partial charge in [0.25, 0.3) is 0 Å². The third kappa shape index (κ3) is 7.82. The Bertz CT molecular complexity index is 1720. The maximum Gasteiger partial charge on any atom is 0.408 e. The fraction of sp³-hybridized carbons (Fsp3) is 0.667. The molecule has 0 radical (unpaired) electrons. The van der Waals surface area contributed by atoms with Crippen molar-refractivity contribution < 1.29 is 48.0 Å². The van der Waals surface area contributed by atoms with E-state index >= 15 is 4.79 Å². The molecule has 2 N–H and O–H groups in total. The first-order valence-corrected chi connectivity index (χ1v) is 19.3. The van der Waals surface area contributed by atoms with E-state index in [0.717, 1.165) is 16.3 Å². The van der Waals surface area contributed by atoms with E-state index in [9.17, 15) is 19.5 Å². The average molecular weight is 753 g/mol. The topological polar surface area (TPSA) is 150 Å². The summed E-state index contributed by atoms with van der Waals surface area (Å²) in [6.45, 7) is 14.0. The molecule has 13 atom stereocenters. The molecule has 3 heterocycles. The molecule has 4 unspecified atom stereocenters. The lowest BCUT2D eigenvalue weighted by atomic mass is 9.69. The summed E-state index contributed by atoms with van der Waals surface area (Å²) in [5, 5.41) is 16.4. The van der Waals surface area contributed by atoms with Gasteiger partial charge in [-0.3, -0.25) is 14.4 Å². The van der Waals surface area contributed by atoms with Gasteiger partial charge in [0, 0.05) is 30.9 Å². The Morgan fingerprint density at radius 1 is 0.963 bits per heavy atom. The van der Waals surface area contributed by atoms with Crippen molar-refractivity contribution in [3.05, 3.63) is 48.0 Å². The van der Waals surface area contributed by atoms with E-state index in [1.165, 1.54) is 7.11 Å². The number of aliphatic hydroxyl groups excluding tert-OH is 1. The lowest BCUT2D eigenvalue weighted by molar-refractivity contribution is -0.295. The molecule has 1 amide bonds. The molecule has 0 aliphatic carbocycles. The van der Waals surface area contributed by atoms with Crippen LogP contribution in [0.2, 0.25) is 0 Å². The van der Waals surface area contributed by atoms with Crippen molar-refractivity contribution in [3.8, 4) is 0 Å². The summed E-state index contributed by atoms with van der Waals surface area (Å²) in [4.78, 5) is 59.2. The van der Waals surface area contributed by atoms with Gasteiger partial charge in [-0.05, 0) is 83.8 Å². The summed E-state index contributed by atoms with van der Waals surface area (Å²) >= 11 is 0. The molecule has 0 aromatic heterocycles. The van der Waals surface area contributed by atoms with E-state index in [-0.39, 0.29) is 37.2 Å². The molecule has 12 heteroatoms. The minimum Gasteiger partial charge on any atom is -0.457 e. The number of ketones is 2. The molecular weight excluding hydrogens is 692 g/mol. The number of carbonyl (C=O) groups is 4. The standard InChI is InChI=1S/C42H60N2O10/c1-12-31-42(8)34(43-39(49)54-42)25(4)32(45)23(2)21-41(7,50-11)36(53-37-33(46)30(44(9)10)19-24(3)51-37)26(5)35(47)40(6,38(48)52-31)22-27-17-18-28-15-13-14-16-29(28)20-27/h13-18,20,23-26,30-31,33-34,36-37,46H,12,19,21-22H2,1-11H3,(H,43,49)/t23-,24-,25+,26+,30+,31-,33-,34?,36-,37?,40?,41+,42?/m1/s1. The summed E-state index contributed by atoms with van der Waals surface area (Å²) in [5.41, 5.74) is -3.74. The number of nitrogens with one attached hydrogen (secondary N) is 1. The highest BCUT2D eigenvalue weighted by Crippen LogP contribution is 2.43. The number of carbonyl (C=O) groups excluding carboxylic acids is 4. The molecule has 3 fully saturated rings. The second-order valence-corrected chi connectivity index (χ2v) is 16.8. The van der Waals surface area contributed by atoms with Gasteiger partial charge in [-0.15, -0.1) is 0 Å². The molecule has 0 bridgehead atoms. The van der Waals surface area contributed by atoms with E-state index in [4.69, 9.17) is 23.7 Å². The quantitative estimate of drug-likeness (QED) is 0.282. The summed E-state index contributed by atoms with van der Waals surface area (Å²) < 4.78 is 31.4. The first-order valence-electron chi connectivity index (χ1n) is 19.3. The fourth-order valence-corrected chi connectivity index (χ4v) is 9.20. The molecule has 3 aliphatic heterocycles. The molecule has 5 rings (SSSR count). The smallest absolute Gasteiger partial charge is 0.408 e. The van der Waals surface area contributed by atoms with Gasteiger partial charge in [-0.1, -0.05) is 70.2 Å². The highest BCUT2D eigenvalue weighted by atomic mass is 16.7. The number of rotatable bonds is 7. The minimum atomic E-state index is -1.77. The van der Waals surface area contributed by atoms with Crippen LogP contribution in [0.3, 0.4) is 0 Å². The molecule has 12 nitrogen and oxygen atoms in total. The summed E-state index contributed by atoms with van der Waals surface area (Å²) in [6, 6.07) is 12.5. The highest BCUT2D eigenvalue weighted by molar-refractivity contribution is 6.05. The summed E-state index contributed by atoms with van der Waals surface area (Å²) in [5.74, 6) is -3.86. The third-order valence-electron chi connectivity index (χ3n) is 12.5. The maximum atomic E-state index is 15.3. The van der Waals surface area contributed by atoms with Crippen LogP contribution in [-0.4, -0.2) is 109 Å². The Labute approximate surface area is 319 Å². The Hall–Kier alpha value is -3.42. The first-order chi connectivity index (χ1) is 25.3. The van der Waals surface area contributed by atoms with E-state index < -0.39 is 82.9 Å². The zero-order valence-corrected chi connectivity index (χ0v) is 33.7. The van der Waals surface area contributed by atoms with Crippen molar-refractivity contribution in [3.63, 3.8) is 0 Å². The van der Waals surface area contributed by atoms with Crippen molar-refractivity contribution in [1.82, 2.24) is 10.2 Å². The summed E-state index contributed by atoms with van der Waals surface area (Å²) in [6.07, 6.45) is -4.38. The number of nitrogens with zero attached hydrogens (tertiary/aromatic N) is 1. The van der Waals surface area contributed by atoms with E-state index in [1.54, 1.807) is 48.5 Å². The van der Waals surface area contributed by atoms with Crippen molar-refractivity contribution in [2.45, 2.75) is 135 Å². The number of ether oxygens (including phenoxy) is 5. The fourth-order valence-electron chi connectivity index (χ4n) is 9.20. The predicted octanol–water partition coefficient (Wildman–Crippen LogP) is 5.24. The number of hydrogen-bond acceptors (Lipinski definition) is 11. The molecule has 0 spiro atoms. The molecule has 3 aliphatic rings. The molecule has 3 saturated heterocycles. The number of cyclic esters (lactones) is 1. The molecule has 2 aromatic carbocycles. The van der Waals surface area contributed by atoms with Crippen molar-refractivity contribution in [2.24, 2.45) is 23.2 Å². The normalized spacial score (nSPS) is 39.8. The van der Waals surface area contributed by atoms with E-state index in [2.05, 4.69) is 5.32 Å². The van der Waals surface area contributed by atoms with Gasteiger partial charge in [0.2, 0.25) is 0 Å². The number of alkyl carbamates (subject to hydrolysis) is 1. The number of aliphatic hydroxyl groups is 1. The van der Waals surface area contributed by atoms with Crippen LogP contribution >= 0.6 is 0 Å². The Balaban J connectivity index is 1.67. The second kappa shape index (κ2) is 16.0. The number of hydrogen-bond donors (Lipinski definition) is 2. The molecule has 2 aromatic rings. The highest BCUT2D eigenvalue weighted by Gasteiger charge is 2.59. The third-order valence-corrected chi connectivity index (χ3v) is 12.5. The lowest BCUT2D eigenvalue weighted by Gasteiger charge is -2.47. The van der Waals surface area contributed by atoms with Crippen LogP contribution in [0.25, 0.3) is 10.8 Å². The number of benzene rings is 2. The van der Waals surface area contributed by atoms with Crippen molar-refractivity contribution in [2.75, 3.05) is 21.2 Å². The van der Waals surface area contributed by atoms with Gasteiger partial charge in [-0.2, -0.15) is 0 Å². The number of Topliss-reactive ketones (excluding diaryl/α,β-unsaturated/α-hetero) is 2. The van der Waals surface area contributed by atoms with Crippen LogP contribution in [0.15, 0.2) is 42.5 Å². The average Bonchev–Trinajstić information content (AvgIpc) is 3.45. The van der Waals surface area contributed by atoms with Crippen LogP contribution in [0, 0.1) is 23.2 Å². The molecule has 0 saturated carbocycles. The van der Waals surface area contributed by atoms with Gasteiger partial charge in [0.1, 0.15) is 23.4 Å². The maximum absolute atomic E-state index is 15.3. The number of esters is 1. The number of amides is 1. The molecular formula is C42H60N2O10. The van der Waals surface area contributed by atoms with Crippen LogP contribution < -0.4 is 5.32 Å². The van der Waals surface area contributed by atoms with E-state index in [1.807, 2.05) is 68.4 Å². The largest absolute Gasteiger partial charge is 0.457 e. The van der Waals surface area contributed by atoms with Crippen molar-refractivity contribution >= 4 is 34.4 Å². The minimum absolute atomic E-state index is 0.00153. The lowest BCUT2D eigenvalue weighted by Crippen LogP contribution is -2.61. The van der Waals surface area contributed by atoms with Crippen LogP contribution in [-0.2, 0) is 44.5 Å². The van der Waals surface area contributed by atoms with Gasteiger partial charge >= 0.3 is 12.1 Å². The van der Waals surface area contributed by atoms with Crippen LogP contribution in [0.4, 0.5) is 4.79 Å². The van der Waals surface area contributed by atoms with Crippen LogP contribution in [0.1, 0.15) is 80.2 Å². The van der Waals surface area contributed by atoms with Crippen molar-refractivity contribution in [1.29, 1.82) is 0 Å². The first kappa shape index (κ1) is 41.7. The Morgan fingerprint density at radius 2 is 1.63 bits per heavy atom. The number of methoxy groups -OCH3 is 1. The van der Waals surface area contributed by atoms with Crippen LogP contribution in [0.5, 0.6) is 0 Å². The zero-order valence-electron chi connectivity index (χ0n) is 33.7. The predicted molar refractivity (Wildman–Crippen MR) is 203 cm³/mol. The van der Waals surface area contributed by atoms with Gasteiger partial charge < -0.3 is 39.0 Å². The van der Waals surface area contributed by atoms with Gasteiger partial charge in [0.05, 0.1) is 23.9 Å². The summed E-state index contributed by atoms with van der Waals surface area (Å²) in [7, 11) is 5.25. The molecule has 298 valence electrons. The molecule has 54 heavy (non-hydrogen) atoms. The second-order valence-electron chi connectivity index (χ2n) is 16.8. The van der Waals surface area contributed by atoms with Gasteiger partial charge in [-0.25, -0.2) is 4.79 Å². The number of likely N-dealkylation sites (N-methyl/N-ethyl adjacent to an activating group) is 1. The van der Waals surface area contributed by atoms with Gasteiger partial charge in [0.15, 0.2) is 17.7 Å². The monoisotopic (exact) mass is 752 g/mol. The SMILES string of the molecule is CC[C@H]1OC(=O)C(C)(Cc2ccc3ccccc3c2)C(=O)[C@H](C)[C@@H](OC2O[C@H](C)C[C@H](N(C)C)[C@H]2O)[C@@](C)(OC)C[C@@H](C)C(=O)[C@H](C)C2NC(=O)OC21C. The Kier molecular flexibility index (Phi) is 12.3. The zero-order chi connectivity index (χ0) is 39.9. The van der Waals surface area contributed by atoms with E-state index in [0.29, 0.717) is 6.42 Å². The number of fused-ring (bicyclic) bond motifs is 2. The Morgan fingerprint density at radius 3 is 2.26 bits per heavy atom.